The molecule has 0 bridgehead atoms. The van der Waals surface area contributed by atoms with E-state index in [0.717, 1.165) is 25.3 Å². The molecule has 0 radical (unpaired) electrons. The molecule has 1 fully saturated rings. The van der Waals surface area contributed by atoms with Crippen LogP contribution < -0.4 is 5.32 Å². The third-order valence-electron chi connectivity index (χ3n) is 3.02. The fraction of sp³-hybridized carbons (Fsp3) is 0.636. The first kappa shape index (κ1) is 14.6. The lowest BCUT2D eigenvalue weighted by molar-refractivity contribution is 0.194. The lowest BCUT2D eigenvalue weighted by Gasteiger charge is -2.31. The Hall–Kier alpha value is -0.420. The van der Waals surface area contributed by atoms with E-state index in [1.165, 1.54) is 12.8 Å². The predicted octanol–water partition coefficient (Wildman–Crippen LogP) is 1.74. The minimum atomic E-state index is 0. The highest BCUT2D eigenvalue weighted by atomic mass is 35.5. The van der Waals surface area contributed by atoms with Gasteiger partial charge in [-0.05, 0) is 26.4 Å². The first-order chi connectivity index (χ1) is 7.77. The average molecular weight is 277 g/mol. The van der Waals surface area contributed by atoms with Crippen LogP contribution in [0.1, 0.15) is 18.5 Å². The molecule has 1 aliphatic heterocycles. The molecule has 4 nitrogen and oxygen atoms in total. The minimum Gasteiger partial charge on any atom is -0.315 e. The molecule has 0 aliphatic carbocycles. The van der Waals surface area contributed by atoms with Gasteiger partial charge in [0.2, 0.25) is 0 Å². The number of aromatic nitrogens is 2. The van der Waals surface area contributed by atoms with Crippen molar-refractivity contribution >= 4 is 24.0 Å². The monoisotopic (exact) mass is 276 g/mol. The van der Waals surface area contributed by atoms with Gasteiger partial charge in [-0.2, -0.15) is 0 Å². The van der Waals surface area contributed by atoms with Gasteiger partial charge in [0.25, 0.3) is 0 Å². The van der Waals surface area contributed by atoms with Gasteiger partial charge in [-0.25, -0.2) is 4.98 Å². The number of hydrogen-bond donors (Lipinski definition) is 1. The summed E-state index contributed by atoms with van der Waals surface area (Å²) in [6, 6.07) is 0.576. The average Bonchev–Trinajstić information content (AvgIpc) is 2.33. The van der Waals surface area contributed by atoms with Gasteiger partial charge in [0.15, 0.2) is 5.15 Å². The molecule has 0 saturated carbocycles. The standard InChI is InChI=1S/C11H17ClN4.ClH/c1-16(9-3-2-4-13-7-9)8-10-11(12)15-6-5-14-10;/h5-6,9,13H,2-4,7-8H2,1H3;1H/t9-;/m1./s1. The maximum Gasteiger partial charge on any atom is 0.151 e. The third-order valence-corrected chi connectivity index (χ3v) is 3.33. The molecule has 0 aromatic carbocycles. The molecule has 1 saturated heterocycles. The molecule has 2 heterocycles. The first-order valence-electron chi connectivity index (χ1n) is 5.63. The number of nitrogens with zero attached hydrogens (tertiary/aromatic N) is 3. The SMILES string of the molecule is CN(Cc1nccnc1Cl)[C@@H]1CCCNC1.Cl. The topological polar surface area (TPSA) is 41.1 Å². The van der Waals surface area contributed by atoms with Crippen molar-refractivity contribution in [2.45, 2.75) is 25.4 Å². The highest BCUT2D eigenvalue weighted by molar-refractivity contribution is 6.29. The Kier molecular flexibility index (Phi) is 6.12. The van der Waals surface area contributed by atoms with Gasteiger partial charge in [0.1, 0.15) is 0 Å². The van der Waals surface area contributed by atoms with E-state index in [2.05, 4.69) is 27.2 Å². The summed E-state index contributed by atoms with van der Waals surface area (Å²) < 4.78 is 0. The van der Waals surface area contributed by atoms with Crippen molar-refractivity contribution in [3.05, 3.63) is 23.2 Å². The van der Waals surface area contributed by atoms with Gasteiger partial charge in [0.05, 0.1) is 5.69 Å². The summed E-state index contributed by atoms with van der Waals surface area (Å²) in [4.78, 5) is 10.6. The lowest BCUT2D eigenvalue weighted by atomic mass is 10.1. The first-order valence-corrected chi connectivity index (χ1v) is 6.01. The maximum atomic E-state index is 5.99. The number of likely N-dealkylation sites (N-methyl/N-ethyl adjacent to an activating group) is 1. The molecule has 1 atom stereocenters. The van der Waals surface area contributed by atoms with Gasteiger partial charge in [-0.1, -0.05) is 11.6 Å². The Bertz CT molecular complexity index is 342. The highest BCUT2D eigenvalue weighted by Crippen LogP contribution is 2.15. The highest BCUT2D eigenvalue weighted by Gasteiger charge is 2.18. The van der Waals surface area contributed by atoms with Crippen molar-refractivity contribution in [1.82, 2.24) is 20.2 Å². The smallest absolute Gasteiger partial charge is 0.151 e. The van der Waals surface area contributed by atoms with E-state index < -0.39 is 0 Å². The summed E-state index contributed by atoms with van der Waals surface area (Å²) in [6.07, 6.45) is 5.78. The van der Waals surface area contributed by atoms with Gasteiger partial charge >= 0.3 is 0 Å². The van der Waals surface area contributed by atoms with E-state index in [1.807, 2.05) is 0 Å². The maximum absolute atomic E-state index is 5.99. The summed E-state index contributed by atoms with van der Waals surface area (Å²) in [7, 11) is 2.11. The molecular weight excluding hydrogens is 259 g/mol. The van der Waals surface area contributed by atoms with Crippen LogP contribution in [0.15, 0.2) is 12.4 Å². The van der Waals surface area contributed by atoms with Gasteiger partial charge in [-0.15, -0.1) is 12.4 Å². The summed E-state index contributed by atoms with van der Waals surface area (Å²) >= 11 is 5.99. The van der Waals surface area contributed by atoms with E-state index in [1.54, 1.807) is 12.4 Å². The second kappa shape index (κ2) is 7.11. The van der Waals surface area contributed by atoms with Gasteiger partial charge < -0.3 is 5.32 Å². The molecule has 0 amide bonds. The largest absolute Gasteiger partial charge is 0.315 e. The van der Waals surface area contributed by atoms with Crippen LogP contribution >= 0.6 is 24.0 Å². The Balaban J connectivity index is 0.00000144. The second-order valence-corrected chi connectivity index (χ2v) is 4.57. The van der Waals surface area contributed by atoms with Crippen molar-refractivity contribution < 1.29 is 0 Å². The zero-order valence-electron chi connectivity index (χ0n) is 9.90. The van der Waals surface area contributed by atoms with E-state index in [9.17, 15) is 0 Å². The van der Waals surface area contributed by atoms with Crippen molar-refractivity contribution in [2.24, 2.45) is 0 Å². The van der Waals surface area contributed by atoms with E-state index in [4.69, 9.17) is 11.6 Å². The van der Waals surface area contributed by atoms with Crippen molar-refractivity contribution in [1.29, 1.82) is 0 Å². The molecule has 1 aliphatic rings. The normalized spacial score (nSPS) is 20.1. The Morgan fingerprint density at radius 1 is 1.47 bits per heavy atom. The molecule has 1 aromatic rings. The fourth-order valence-corrected chi connectivity index (χ4v) is 2.20. The Labute approximate surface area is 113 Å². The Morgan fingerprint density at radius 2 is 2.24 bits per heavy atom. The summed E-state index contributed by atoms with van der Waals surface area (Å²) in [5, 5.41) is 3.92. The molecule has 2 rings (SSSR count). The van der Waals surface area contributed by atoms with E-state index in [-0.39, 0.29) is 12.4 Å². The minimum absolute atomic E-state index is 0. The van der Waals surface area contributed by atoms with Crippen LogP contribution in [-0.4, -0.2) is 41.0 Å². The van der Waals surface area contributed by atoms with Crippen LogP contribution in [0, 0.1) is 0 Å². The molecule has 17 heavy (non-hydrogen) atoms. The zero-order chi connectivity index (χ0) is 11.4. The van der Waals surface area contributed by atoms with Crippen LogP contribution in [0.25, 0.3) is 0 Å². The van der Waals surface area contributed by atoms with Crippen LogP contribution in [0.2, 0.25) is 5.15 Å². The van der Waals surface area contributed by atoms with E-state index >= 15 is 0 Å². The summed E-state index contributed by atoms with van der Waals surface area (Å²) in [5.41, 5.74) is 0.859. The van der Waals surface area contributed by atoms with Crippen molar-refractivity contribution in [3.63, 3.8) is 0 Å². The summed E-state index contributed by atoms with van der Waals surface area (Å²) in [6.45, 7) is 2.95. The molecule has 0 unspecified atom stereocenters. The van der Waals surface area contributed by atoms with Crippen molar-refractivity contribution in [2.75, 3.05) is 20.1 Å². The van der Waals surface area contributed by atoms with Gasteiger partial charge in [-0.3, -0.25) is 9.88 Å². The number of rotatable bonds is 3. The van der Waals surface area contributed by atoms with Gasteiger partial charge in [0, 0.05) is 31.5 Å². The number of hydrogen-bond acceptors (Lipinski definition) is 4. The van der Waals surface area contributed by atoms with Crippen LogP contribution in [0.4, 0.5) is 0 Å². The van der Waals surface area contributed by atoms with Crippen LogP contribution in [0.3, 0.4) is 0 Å². The molecule has 6 heteroatoms. The molecule has 1 N–H and O–H groups in total. The predicted molar refractivity (Wildman–Crippen MR) is 71.6 cm³/mol. The number of nitrogens with one attached hydrogen (secondary N) is 1. The zero-order valence-corrected chi connectivity index (χ0v) is 11.5. The molecular formula is C11H18Cl2N4. The van der Waals surface area contributed by atoms with Crippen molar-refractivity contribution in [3.8, 4) is 0 Å². The van der Waals surface area contributed by atoms with E-state index in [0.29, 0.717) is 11.2 Å². The lowest BCUT2D eigenvalue weighted by Crippen LogP contribution is -2.43. The fourth-order valence-electron chi connectivity index (χ4n) is 2.03. The summed E-state index contributed by atoms with van der Waals surface area (Å²) in [5.74, 6) is 0. The molecule has 0 spiro atoms. The molecule has 1 aromatic heterocycles. The quantitative estimate of drug-likeness (QED) is 0.913. The van der Waals surface area contributed by atoms with Crippen LogP contribution in [0.5, 0.6) is 0 Å². The third kappa shape index (κ3) is 4.07. The van der Waals surface area contributed by atoms with Crippen LogP contribution in [-0.2, 0) is 6.54 Å². The number of halogens is 2. The second-order valence-electron chi connectivity index (χ2n) is 4.21. The molecule has 96 valence electrons. The Morgan fingerprint density at radius 3 is 2.88 bits per heavy atom. The number of piperidine rings is 1.